The van der Waals surface area contributed by atoms with E-state index in [1.807, 2.05) is 6.07 Å². The zero-order valence-electron chi connectivity index (χ0n) is 27.9. The molecule has 1 aromatic heterocycles. The summed E-state index contributed by atoms with van der Waals surface area (Å²) in [6.45, 7) is 5.39. The lowest BCUT2D eigenvalue weighted by Gasteiger charge is -2.50. The van der Waals surface area contributed by atoms with Gasteiger partial charge in [-0.25, -0.2) is 8.42 Å². The van der Waals surface area contributed by atoms with Crippen LogP contribution < -0.4 is 15.4 Å². The molecule has 3 aromatic rings. The monoisotopic (exact) mass is 686 g/mol. The molecule has 6 rings (SSSR count). The summed E-state index contributed by atoms with van der Waals surface area (Å²) >= 11 is 0. The first kappa shape index (κ1) is 34.5. The Hall–Kier alpha value is -3.40. The van der Waals surface area contributed by atoms with Crippen LogP contribution >= 0.6 is 0 Å². The molecule has 1 saturated carbocycles. The highest BCUT2D eigenvalue weighted by Crippen LogP contribution is 2.44. The summed E-state index contributed by atoms with van der Waals surface area (Å²) in [4.78, 5) is 2.81. The van der Waals surface area contributed by atoms with Gasteiger partial charge in [-0.1, -0.05) is 12.0 Å². The molecule has 12 heteroatoms. The minimum absolute atomic E-state index is 0.111. The number of hydrogen-bond donors (Lipinski definition) is 2. The summed E-state index contributed by atoms with van der Waals surface area (Å²) in [6, 6.07) is 11.9. The molecule has 2 saturated heterocycles. The van der Waals surface area contributed by atoms with Gasteiger partial charge in [0, 0.05) is 41.6 Å². The van der Waals surface area contributed by atoms with Crippen molar-refractivity contribution in [2.75, 3.05) is 56.8 Å². The van der Waals surface area contributed by atoms with Gasteiger partial charge in [0.2, 0.25) is 0 Å². The number of nitrogens with zero attached hydrogens (tertiary/aromatic N) is 2. The minimum atomic E-state index is -4.43. The molecule has 48 heavy (non-hydrogen) atoms. The Kier molecular flexibility index (Phi) is 9.68. The highest BCUT2D eigenvalue weighted by atomic mass is 32.2. The largest absolute Gasteiger partial charge is 0.495 e. The van der Waals surface area contributed by atoms with Crippen molar-refractivity contribution in [3.05, 3.63) is 48.2 Å². The third-order valence-electron chi connectivity index (χ3n) is 10.7. The Labute approximate surface area is 281 Å². The van der Waals surface area contributed by atoms with E-state index in [0.717, 1.165) is 63.9 Å². The summed E-state index contributed by atoms with van der Waals surface area (Å²) in [6.07, 6.45) is 4.42. The second kappa shape index (κ2) is 13.5. The quantitative estimate of drug-likeness (QED) is 0.256. The smallest absolute Gasteiger partial charge is 0.406 e. The molecule has 0 unspecified atom stereocenters. The number of rotatable bonds is 8. The van der Waals surface area contributed by atoms with Crippen molar-refractivity contribution in [2.45, 2.75) is 81.1 Å². The number of nitrogens with one attached hydrogen (secondary N) is 2. The van der Waals surface area contributed by atoms with Gasteiger partial charge in [0.1, 0.15) is 12.3 Å². The van der Waals surface area contributed by atoms with Crippen molar-refractivity contribution in [3.63, 3.8) is 0 Å². The van der Waals surface area contributed by atoms with Crippen molar-refractivity contribution in [1.29, 1.82) is 0 Å². The number of piperidine rings is 1. The van der Waals surface area contributed by atoms with E-state index < -0.39 is 22.6 Å². The second-order valence-corrected chi connectivity index (χ2v) is 16.0. The van der Waals surface area contributed by atoms with Crippen LogP contribution in [0.5, 0.6) is 5.75 Å². The number of fused-ring (bicyclic) bond motifs is 1. The molecule has 260 valence electrons. The van der Waals surface area contributed by atoms with Crippen molar-refractivity contribution in [2.24, 2.45) is 5.41 Å². The van der Waals surface area contributed by atoms with Crippen molar-refractivity contribution >= 4 is 32.1 Å². The molecule has 2 N–H and O–H groups in total. The zero-order valence-corrected chi connectivity index (χ0v) is 28.7. The van der Waals surface area contributed by atoms with Crippen LogP contribution in [-0.2, 0) is 21.1 Å². The van der Waals surface area contributed by atoms with E-state index in [4.69, 9.17) is 9.47 Å². The zero-order chi connectivity index (χ0) is 34.2. The number of alkyl halides is 3. The summed E-state index contributed by atoms with van der Waals surface area (Å²) in [5.74, 6) is 6.20. The van der Waals surface area contributed by atoms with Crippen LogP contribution in [0.25, 0.3) is 10.9 Å². The Morgan fingerprint density at radius 3 is 2.44 bits per heavy atom. The number of likely N-dealkylation sites (tertiary alicyclic amines) is 1. The lowest BCUT2D eigenvalue weighted by molar-refractivity contribution is -0.140. The molecule has 0 bridgehead atoms. The molecule has 0 amide bonds. The molecule has 3 aliphatic rings. The molecule has 2 aromatic carbocycles. The number of benzene rings is 2. The van der Waals surface area contributed by atoms with Crippen LogP contribution in [0.1, 0.15) is 57.6 Å². The number of sulfone groups is 1. The van der Waals surface area contributed by atoms with E-state index in [1.54, 1.807) is 24.3 Å². The summed E-state index contributed by atoms with van der Waals surface area (Å²) in [5, 5.41) is 7.47. The molecule has 2 aliphatic heterocycles. The molecule has 3 fully saturated rings. The molecular weight excluding hydrogens is 641 g/mol. The van der Waals surface area contributed by atoms with Gasteiger partial charge in [0.25, 0.3) is 0 Å². The van der Waals surface area contributed by atoms with Gasteiger partial charge in [-0.15, -0.1) is 0 Å². The standard InChI is InChI=1S/C36H45F3N4O4S/c1-34(42-19-15-35(16-20-42)17-21-47-25-35)13-11-26(12-14-34)41-30-7-4-8-32-29(30)22-27(43(32)24-36(37,38)39)6-5-18-40-31-10-9-28(48(3,44)45)23-33(31)46-2/h4,7-10,22-23,26,40-41H,11-21,24-25H2,1-3H3. The van der Waals surface area contributed by atoms with E-state index in [9.17, 15) is 21.6 Å². The molecule has 0 radical (unpaired) electrons. The molecule has 1 aliphatic carbocycles. The highest BCUT2D eigenvalue weighted by Gasteiger charge is 2.43. The lowest BCUT2D eigenvalue weighted by Crippen LogP contribution is -2.54. The maximum absolute atomic E-state index is 13.8. The third-order valence-corrected chi connectivity index (χ3v) is 11.8. The van der Waals surface area contributed by atoms with Crippen LogP contribution in [0.4, 0.5) is 24.5 Å². The first-order valence-electron chi connectivity index (χ1n) is 16.7. The van der Waals surface area contributed by atoms with Gasteiger partial charge in [0.05, 0.1) is 42.1 Å². The Morgan fingerprint density at radius 1 is 1.04 bits per heavy atom. The number of anilines is 2. The average molecular weight is 687 g/mol. The summed E-state index contributed by atoms with van der Waals surface area (Å²) in [5.41, 5.74) is 2.64. The number of hydrogen-bond acceptors (Lipinski definition) is 7. The molecule has 8 nitrogen and oxygen atoms in total. The fourth-order valence-corrected chi connectivity index (χ4v) is 8.31. The number of ether oxygens (including phenoxy) is 2. The van der Waals surface area contributed by atoms with Crippen LogP contribution in [0.2, 0.25) is 0 Å². The van der Waals surface area contributed by atoms with E-state index >= 15 is 0 Å². The topological polar surface area (TPSA) is 84.8 Å². The lowest BCUT2D eigenvalue weighted by atomic mass is 9.74. The van der Waals surface area contributed by atoms with Gasteiger partial charge in [0.15, 0.2) is 9.84 Å². The normalized spacial score (nSPS) is 23.2. The predicted octanol–water partition coefficient (Wildman–Crippen LogP) is 6.70. The Bertz CT molecular complexity index is 1790. The minimum Gasteiger partial charge on any atom is -0.495 e. The van der Waals surface area contributed by atoms with Crippen molar-refractivity contribution < 1.29 is 31.1 Å². The van der Waals surface area contributed by atoms with Crippen molar-refractivity contribution in [3.8, 4) is 17.6 Å². The SMILES string of the molecule is COc1cc(S(C)(=O)=O)ccc1NCC#Cc1cc2c(NC3CCC(C)(N4CCC5(CCOC5)CC4)CC3)cccc2n1CC(F)(F)F. The van der Waals surface area contributed by atoms with Gasteiger partial charge in [-0.2, -0.15) is 13.2 Å². The molecular formula is C36H45F3N4O4S. The van der Waals surface area contributed by atoms with Gasteiger partial charge >= 0.3 is 6.18 Å². The number of halogens is 3. The Morgan fingerprint density at radius 2 is 1.79 bits per heavy atom. The first-order chi connectivity index (χ1) is 22.8. The van der Waals surface area contributed by atoms with E-state index in [0.29, 0.717) is 27.8 Å². The fourth-order valence-electron chi connectivity index (χ4n) is 7.67. The van der Waals surface area contributed by atoms with Gasteiger partial charge in [-0.3, -0.25) is 4.90 Å². The Balaban J connectivity index is 1.15. The third kappa shape index (κ3) is 7.58. The summed E-state index contributed by atoms with van der Waals surface area (Å²) in [7, 11) is -1.98. The van der Waals surface area contributed by atoms with Crippen molar-refractivity contribution in [1.82, 2.24) is 9.47 Å². The van der Waals surface area contributed by atoms with Crippen LogP contribution in [-0.4, -0.2) is 81.9 Å². The van der Waals surface area contributed by atoms with Gasteiger partial charge < -0.3 is 24.7 Å². The average Bonchev–Trinajstić information content (AvgIpc) is 3.64. The first-order valence-corrected chi connectivity index (χ1v) is 18.6. The number of methoxy groups -OCH3 is 1. The van der Waals surface area contributed by atoms with Gasteiger partial charge in [-0.05, 0) is 107 Å². The second-order valence-electron chi connectivity index (χ2n) is 14.0. The molecule has 1 spiro atoms. The predicted molar refractivity (Wildman–Crippen MR) is 182 cm³/mol. The van der Waals surface area contributed by atoms with Crippen LogP contribution in [0.15, 0.2) is 47.4 Å². The maximum atomic E-state index is 13.8. The van der Waals surface area contributed by atoms with E-state index in [2.05, 4.69) is 34.3 Å². The molecule has 3 heterocycles. The van der Waals surface area contributed by atoms with E-state index in [1.165, 1.54) is 43.1 Å². The molecule has 0 atom stereocenters. The highest BCUT2D eigenvalue weighted by molar-refractivity contribution is 7.90. The van der Waals surface area contributed by atoms with E-state index in [-0.39, 0.29) is 28.7 Å². The van der Waals surface area contributed by atoms with Crippen LogP contribution in [0.3, 0.4) is 0 Å². The summed E-state index contributed by atoms with van der Waals surface area (Å²) < 4.78 is 77.4. The fraction of sp³-hybridized carbons (Fsp3) is 0.556. The maximum Gasteiger partial charge on any atom is 0.406 e. The van der Waals surface area contributed by atoms with Crippen LogP contribution in [0, 0.1) is 17.3 Å². The number of aromatic nitrogens is 1.